The third-order valence-electron chi connectivity index (χ3n) is 11.9. The van der Waals surface area contributed by atoms with Gasteiger partial charge in [-0.2, -0.15) is 0 Å². The van der Waals surface area contributed by atoms with Crippen LogP contribution >= 0.6 is 0 Å². The number of carbonyl (C=O) groups is 3. The van der Waals surface area contributed by atoms with E-state index in [1.807, 2.05) is 0 Å². The molecule has 484 valence electrons. The van der Waals surface area contributed by atoms with E-state index in [4.69, 9.17) is 71.4 Å². The maximum Gasteiger partial charge on any atom is 0.222 e. The molecule has 2 heterocycles. The molecular weight excluding hydrogens is 1110 g/mol. The van der Waals surface area contributed by atoms with Gasteiger partial charge in [-0.3, -0.25) is 14.4 Å². The lowest BCUT2D eigenvalue weighted by molar-refractivity contribution is -0.351. The average Bonchev–Trinajstić information content (AvgIpc) is 3.49. The lowest BCUT2D eigenvalue weighted by atomic mass is 9.99. The highest BCUT2D eigenvalue weighted by Crippen LogP contribution is 2.23. The minimum absolute atomic E-state index is 0.00948. The van der Waals surface area contributed by atoms with Crippen molar-refractivity contribution in [3.63, 3.8) is 0 Å². The Balaban J connectivity index is 1.60. The third-order valence-corrected chi connectivity index (χ3v) is 11.9. The van der Waals surface area contributed by atoms with Crippen molar-refractivity contribution >= 4 is 17.7 Å². The van der Waals surface area contributed by atoms with E-state index in [9.17, 15) is 75.7 Å². The third kappa shape index (κ3) is 33.3. The van der Waals surface area contributed by atoms with Gasteiger partial charge in [0.15, 0.2) is 12.6 Å². The Kier molecular flexibility index (Phi) is 43.7. The van der Waals surface area contributed by atoms with Gasteiger partial charge in [0.05, 0.1) is 158 Å². The van der Waals surface area contributed by atoms with E-state index >= 15 is 0 Å². The average molecular weight is 1200 g/mol. The first kappa shape index (κ1) is 75.4. The molecule has 0 radical (unpaired) electrons. The van der Waals surface area contributed by atoms with Gasteiger partial charge in [0, 0.05) is 44.8 Å². The number of hydrogen-bond donors (Lipinski definition) is 15. The molecule has 3 amide bonds. The molecule has 2 saturated heterocycles. The van der Waals surface area contributed by atoms with Crippen LogP contribution in [0.5, 0.6) is 0 Å². The number of aliphatic hydroxyl groups is 12. The van der Waals surface area contributed by atoms with Crippen LogP contribution in [0.2, 0.25) is 0 Å². The molecule has 0 saturated carbocycles. The Morgan fingerprint density at radius 2 is 0.768 bits per heavy atom. The second-order valence-corrected chi connectivity index (χ2v) is 18.6. The van der Waals surface area contributed by atoms with Gasteiger partial charge in [-0.15, -0.1) is 0 Å². The monoisotopic (exact) mass is 1200 g/mol. The molecule has 15 N–H and O–H groups in total. The van der Waals surface area contributed by atoms with Crippen molar-refractivity contribution in [2.75, 3.05) is 178 Å². The Morgan fingerprint density at radius 1 is 0.427 bits per heavy atom. The molecule has 0 aromatic heterocycles. The molecule has 33 nitrogen and oxygen atoms in total. The van der Waals surface area contributed by atoms with Gasteiger partial charge in [0.1, 0.15) is 73.8 Å². The molecule has 0 aliphatic carbocycles. The largest absolute Gasteiger partial charge is 0.394 e. The van der Waals surface area contributed by atoms with Crippen LogP contribution in [0.3, 0.4) is 0 Å². The maximum atomic E-state index is 12.4. The Bertz CT molecular complexity index is 1510. The predicted molar refractivity (Wildman–Crippen MR) is 275 cm³/mol. The van der Waals surface area contributed by atoms with Crippen LogP contribution < -0.4 is 16.0 Å². The SMILES string of the molecule is C[C@H](O)C(O)[C@H](O)C(CO)OOCCOCCOCCNC(=O)CCOCC(COCCC(=O)NCCOCCOCCO[C@H]1OC(CO)[C@@H](O)C(O)C1O)COCCC(=O)NCCOCCOCCO[C@H]1OC(CO)[C@@H](O)C(O)C1O. The van der Waals surface area contributed by atoms with Crippen molar-refractivity contribution in [3.8, 4) is 0 Å². The normalized spacial score (nSPS) is 24.8. The number of rotatable bonds is 52. The smallest absolute Gasteiger partial charge is 0.222 e. The van der Waals surface area contributed by atoms with Crippen molar-refractivity contribution in [1.82, 2.24) is 16.0 Å². The zero-order valence-electron chi connectivity index (χ0n) is 46.6. The van der Waals surface area contributed by atoms with Crippen molar-refractivity contribution in [1.29, 1.82) is 0 Å². The number of nitrogens with one attached hydrogen (secondary N) is 3. The summed E-state index contributed by atoms with van der Waals surface area (Å²) in [6.45, 7) is 2.84. The summed E-state index contributed by atoms with van der Waals surface area (Å²) in [5, 5.41) is 125. The Labute approximate surface area is 476 Å². The highest BCUT2D eigenvalue weighted by molar-refractivity contribution is 5.76. The highest BCUT2D eigenvalue weighted by Gasteiger charge is 2.45. The van der Waals surface area contributed by atoms with Crippen molar-refractivity contribution in [2.24, 2.45) is 5.92 Å². The van der Waals surface area contributed by atoms with Crippen LogP contribution in [0, 0.1) is 5.92 Å². The van der Waals surface area contributed by atoms with E-state index in [1.54, 1.807) is 0 Å². The lowest BCUT2D eigenvalue weighted by Crippen LogP contribution is -2.59. The second-order valence-electron chi connectivity index (χ2n) is 18.6. The molecular formula is C49H93N3O30. The molecule has 0 aromatic rings. The van der Waals surface area contributed by atoms with Crippen LogP contribution in [0.15, 0.2) is 0 Å². The van der Waals surface area contributed by atoms with Crippen molar-refractivity contribution in [3.05, 3.63) is 0 Å². The molecule has 33 heteroatoms. The van der Waals surface area contributed by atoms with Gasteiger partial charge in [-0.1, -0.05) is 0 Å². The molecule has 0 spiro atoms. The van der Waals surface area contributed by atoms with Gasteiger partial charge < -0.3 is 139 Å². The number of ether oxygens (including phenoxy) is 13. The molecule has 14 atom stereocenters. The van der Waals surface area contributed by atoms with E-state index in [-0.39, 0.29) is 201 Å². The summed E-state index contributed by atoms with van der Waals surface area (Å²) in [7, 11) is 0. The first-order valence-corrected chi connectivity index (χ1v) is 27.3. The van der Waals surface area contributed by atoms with Crippen LogP contribution in [0.25, 0.3) is 0 Å². The standard InChI is InChI=1S/C49H93N3O30/c1-32(56)40(60)43(63)36(28-55)82-79-25-22-73-19-16-70-13-7-52-39(59)4-10-76-31-33(29-74-8-2-37(57)50-5-11-68-14-17-71-20-23-77-48-46(66)44(64)41(61)34(26-53)80-48)30-75-9-3-38(58)51-6-12-69-15-18-72-21-24-78-49-47(67)45(65)42(62)35(27-54)81-49/h32-36,40-49,53-56,60-67H,2-31H2,1H3,(H,50,57)(H,51,58)(H,52,59)/t32-,33?,34?,35?,36?,40?,41+,42+,43+,44?,45?,46?,47?,48-,49-/m0/s1. The topological polar surface area (TPSA) is 469 Å². The zero-order valence-corrected chi connectivity index (χ0v) is 46.6. The number of amides is 3. The summed E-state index contributed by atoms with van der Waals surface area (Å²) in [5.41, 5.74) is 0. The summed E-state index contributed by atoms with van der Waals surface area (Å²) >= 11 is 0. The molecule has 2 aliphatic heterocycles. The molecule has 8 unspecified atom stereocenters. The van der Waals surface area contributed by atoms with E-state index in [1.165, 1.54) is 6.92 Å². The molecule has 0 aromatic carbocycles. The summed E-state index contributed by atoms with van der Waals surface area (Å²) < 4.78 is 71.0. The fourth-order valence-electron chi connectivity index (χ4n) is 7.19. The summed E-state index contributed by atoms with van der Waals surface area (Å²) in [5.74, 6) is -1.16. The number of hydrogen-bond acceptors (Lipinski definition) is 30. The molecule has 0 bridgehead atoms. The summed E-state index contributed by atoms with van der Waals surface area (Å²) in [6, 6.07) is 0. The van der Waals surface area contributed by atoms with Crippen molar-refractivity contribution < 1.29 is 147 Å². The minimum Gasteiger partial charge on any atom is -0.394 e. The van der Waals surface area contributed by atoms with Crippen LogP contribution in [0.1, 0.15) is 26.2 Å². The van der Waals surface area contributed by atoms with E-state index in [2.05, 4.69) is 16.0 Å². The summed E-state index contributed by atoms with van der Waals surface area (Å²) in [6.07, 6.45) is -19.3. The predicted octanol–water partition coefficient (Wildman–Crippen LogP) is -8.68. The molecule has 82 heavy (non-hydrogen) atoms. The molecule has 2 aliphatic rings. The second kappa shape index (κ2) is 47.5. The minimum atomic E-state index is -1.58. The van der Waals surface area contributed by atoms with E-state index in [0.717, 1.165) is 0 Å². The molecule has 2 fully saturated rings. The summed E-state index contributed by atoms with van der Waals surface area (Å²) in [4.78, 5) is 47.0. The van der Waals surface area contributed by atoms with Gasteiger partial charge in [-0.25, -0.2) is 9.78 Å². The highest BCUT2D eigenvalue weighted by atomic mass is 17.2. The van der Waals surface area contributed by atoms with Crippen LogP contribution in [-0.4, -0.2) is 343 Å². The molecule has 2 rings (SSSR count). The number of aliphatic hydroxyl groups excluding tert-OH is 12. The van der Waals surface area contributed by atoms with Crippen molar-refractivity contribution in [2.45, 2.75) is 112 Å². The van der Waals surface area contributed by atoms with Gasteiger partial charge in [0.2, 0.25) is 17.7 Å². The van der Waals surface area contributed by atoms with Gasteiger partial charge in [0.25, 0.3) is 0 Å². The Morgan fingerprint density at radius 3 is 1.11 bits per heavy atom. The maximum absolute atomic E-state index is 12.4. The van der Waals surface area contributed by atoms with E-state index < -0.39 is 106 Å². The van der Waals surface area contributed by atoms with E-state index in [0.29, 0.717) is 0 Å². The fraction of sp³-hybridized carbons (Fsp3) is 0.939. The number of carbonyl (C=O) groups excluding carboxylic acids is 3. The van der Waals surface area contributed by atoms with Crippen LogP contribution in [0.4, 0.5) is 0 Å². The lowest BCUT2D eigenvalue weighted by Gasteiger charge is -2.39. The fourth-order valence-corrected chi connectivity index (χ4v) is 7.19. The van der Waals surface area contributed by atoms with Crippen LogP contribution in [-0.2, 0) is 85.7 Å². The van der Waals surface area contributed by atoms with Gasteiger partial charge >= 0.3 is 0 Å². The van der Waals surface area contributed by atoms with Gasteiger partial charge in [-0.05, 0) is 6.92 Å². The first-order chi connectivity index (χ1) is 39.6. The Hall–Kier alpha value is -2.67. The first-order valence-electron chi connectivity index (χ1n) is 27.3. The zero-order chi connectivity index (χ0) is 60.3. The quantitative estimate of drug-likeness (QED) is 0.0153.